The highest BCUT2D eigenvalue weighted by Crippen LogP contribution is 2.40. The normalized spacial score (nSPS) is 23.4. The Morgan fingerprint density at radius 3 is 2.72 bits per heavy atom. The van der Waals surface area contributed by atoms with Gasteiger partial charge in [0.05, 0.1) is 12.0 Å². The van der Waals surface area contributed by atoms with Crippen molar-refractivity contribution in [1.29, 1.82) is 0 Å². The van der Waals surface area contributed by atoms with Crippen LogP contribution in [-0.2, 0) is 9.59 Å². The third-order valence-corrected chi connectivity index (χ3v) is 3.66. The molecule has 1 aliphatic heterocycles. The Labute approximate surface area is 110 Å². The van der Waals surface area contributed by atoms with E-state index in [1.54, 1.807) is 29.2 Å². The lowest BCUT2D eigenvalue weighted by Gasteiger charge is -2.26. The van der Waals surface area contributed by atoms with Crippen molar-refractivity contribution >= 4 is 23.5 Å². The van der Waals surface area contributed by atoms with Crippen LogP contribution in [0, 0.1) is 5.92 Å². The fourth-order valence-corrected chi connectivity index (χ4v) is 2.73. The molecular weight excluding hydrogens is 254 g/mol. The topological polar surface area (TPSA) is 57.6 Å². The van der Waals surface area contributed by atoms with Gasteiger partial charge in [-0.25, -0.2) is 0 Å². The number of amides is 1. The molecule has 1 fully saturated rings. The van der Waals surface area contributed by atoms with Gasteiger partial charge in [0.25, 0.3) is 0 Å². The summed E-state index contributed by atoms with van der Waals surface area (Å²) in [5.74, 6) is -1.81. The first kappa shape index (κ1) is 12.9. The Bertz CT molecular complexity index is 489. The Morgan fingerprint density at radius 2 is 2.17 bits per heavy atom. The lowest BCUT2D eigenvalue weighted by atomic mass is 9.93. The van der Waals surface area contributed by atoms with Crippen LogP contribution in [0.5, 0.6) is 0 Å². The van der Waals surface area contributed by atoms with E-state index in [1.165, 1.54) is 0 Å². The first-order chi connectivity index (χ1) is 8.56. The predicted octanol–water partition coefficient (Wildman–Crippen LogP) is 2.33. The number of carbonyl (C=O) groups excluding carboxylic acids is 1. The summed E-state index contributed by atoms with van der Waals surface area (Å²) in [5.41, 5.74) is 0.708. The third kappa shape index (κ3) is 2.08. The number of hydrogen-bond acceptors (Lipinski definition) is 2. The molecule has 5 heteroatoms. The highest BCUT2D eigenvalue weighted by Gasteiger charge is 2.44. The first-order valence-corrected chi connectivity index (χ1v) is 6.20. The molecule has 1 aromatic rings. The van der Waals surface area contributed by atoms with E-state index in [-0.39, 0.29) is 12.3 Å². The van der Waals surface area contributed by atoms with Crippen LogP contribution in [0.1, 0.15) is 24.9 Å². The third-order valence-electron chi connectivity index (χ3n) is 3.31. The second kappa shape index (κ2) is 4.98. The quantitative estimate of drug-likeness (QED) is 0.914. The maximum absolute atomic E-state index is 11.8. The summed E-state index contributed by atoms with van der Waals surface area (Å²) in [6.07, 6.45) is 0.0407. The summed E-state index contributed by atoms with van der Waals surface area (Å²) in [7, 11) is 0. The van der Waals surface area contributed by atoms with Crippen LogP contribution in [0.4, 0.5) is 0 Å². The summed E-state index contributed by atoms with van der Waals surface area (Å²) in [4.78, 5) is 24.7. The number of likely N-dealkylation sites (tertiary alicyclic amines) is 1. The summed E-state index contributed by atoms with van der Waals surface area (Å²) >= 11 is 6.11. The van der Waals surface area contributed by atoms with E-state index in [0.717, 1.165) is 0 Å². The lowest BCUT2D eigenvalue weighted by Crippen LogP contribution is -2.30. The van der Waals surface area contributed by atoms with Crippen molar-refractivity contribution in [3.8, 4) is 0 Å². The average molecular weight is 268 g/mol. The zero-order valence-corrected chi connectivity index (χ0v) is 10.7. The smallest absolute Gasteiger partial charge is 0.309 e. The van der Waals surface area contributed by atoms with Crippen LogP contribution in [-0.4, -0.2) is 28.4 Å². The van der Waals surface area contributed by atoms with Gasteiger partial charge in [-0.15, -0.1) is 0 Å². The first-order valence-electron chi connectivity index (χ1n) is 5.83. The number of aliphatic carboxylic acids is 1. The van der Waals surface area contributed by atoms with Crippen molar-refractivity contribution < 1.29 is 14.7 Å². The second-order valence-electron chi connectivity index (χ2n) is 4.29. The summed E-state index contributed by atoms with van der Waals surface area (Å²) < 4.78 is 0. The molecule has 0 unspecified atom stereocenters. The minimum atomic E-state index is -0.954. The van der Waals surface area contributed by atoms with Gasteiger partial charge in [-0.2, -0.15) is 0 Å². The monoisotopic (exact) mass is 267 g/mol. The van der Waals surface area contributed by atoms with Crippen molar-refractivity contribution in [1.82, 2.24) is 4.90 Å². The Balaban J connectivity index is 2.46. The van der Waals surface area contributed by atoms with E-state index < -0.39 is 17.9 Å². The number of benzene rings is 1. The van der Waals surface area contributed by atoms with Crippen molar-refractivity contribution in [3.05, 3.63) is 34.9 Å². The fraction of sp³-hybridized carbons (Fsp3) is 0.385. The molecule has 1 N–H and O–H groups in total. The molecule has 1 aromatic carbocycles. The van der Waals surface area contributed by atoms with E-state index in [9.17, 15) is 14.7 Å². The lowest BCUT2D eigenvalue weighted by molar-refractivity contribution is -0.142. The van der Waals surface area contributed by atoms with Gasteiger partial charge >= 0.3 is 5.97 Å². The Hall–Kier alpha value is -1.55. The molecule has 2 rings (SSSR count). The number of carboxylic acid groups (broad SMARTS) is 1. The largest absolute Gasteiger partial charge is 0.481 e. The predicted molar refractivity (Wildman–Crippen MR) is 67.3 cm³/mol. The van der Waals surface area contributed by atoms with Crippen LogP contribution in [0.25, 0.3) is 0 Å². The standard InChI is InChI=1S/C13H14ClNO3/c1-2-15-11(16)7-9(13(17)18)12(15)8-5-3-4-6-10(8)14/h3-6,9,12H,2,7H2,1H3,(H,17,18)/t9-,12-/m0/s1. The van der Waals surface area contributed by atoms with Gasteiger partial charge in [-0.05, 0) is 18.6 Å². The molecule has 0 radical (unpaired) electrons. The minimum absolute atomic E-state index is 0.0407. The number of carboxylic acids is 1. The minimum Gasteiger partial charge on any atom is -0.481 e. The zero-order valence-electron chi connectivity index (χ0n) is 9.97. The fourth-order valence-electron chi connectivity index (χ4n) is 2.48. The van der Waals surface area contributed by atoms with Gasteiger partial charge in [-0.3, -0.25) is 9.59 Å². The zero-order chi connectivity index (χ0) is 13.3. The van der Waals surface area contributed by atoms with Crippen molar-refractivity contribution in [2.75, 3.05) is 6.54 Å². The number of hydrogen-bond donors (Lipinski definition) is 1. The van der Waals surface area contributed by atoms with Gasteiger partial charge in [-0.1, -0.05) is 29.8 Å². The molecule has 1 aliphatic rings. The molecule has 0 spiro atoms. The van der Waals surface area contributed by atoms with E-state index in [1.807, 2.05) is 6.92 Å². The van der Waals surface area contributed by atoms with Crippen molar-refractivity contribution in [3.63, 3.8) is 0 Å². The molecule has 0 bridgehead atoms. The average Bonchev–Trinajstić information content (AvgIpc) is 2.67. The van der Waals surface area contributed by atoms with E-state index in [0.29, 0.717) is 17.1 Å². The molecular formula is C13H14ClNO3. The van der Waals surface area contributed by atoms with Crippen LogP contribution < -0.4 is 0 Å². The molecule has 4 nitrogen and oxygen atoms in total. The molecule has 0 aliphatic carbocycles. The molecule has 96 valence electrons. The van der Waals surface area contributed by atoms with Gasteiger partial charge in [0.15, 0.2) is 0 Å². The Morgan fingerprint density at radius 1 is 1.50 bits per heavy atom. The van der Waals surface area contributed by atoms with Gasteiger partial charge in [0.1, 0.15) is 0 Å². The van der Waals surface area contributed by atoms with E-state index in [4.69, 9.17) is 11.6 Å². The highest BCUT2D eigenvalue weighted by atomic mass is 35.5. The molecule has 1 saturated heterocycles. The van der Waals surface area contributed by atoms with Crippen LogP contribution in [0.3, 0.4) is 0 Å². The van der Waals surface area contributed by atoms with Crippen LogP contribution in [0.15, 0.2) is 24.3 Å². The summed E-state index contributed by atoms with van der Waals surface area (Å²) in [5, 5.41) is 9.75. The molecule has 18 heavy (non-hydrogen) atoms. The maximum atomic E-state index is 11.8. The van der Waals surface area contributed by atoms with Crippen LogP contribution in [0.2, 0.25) is 5.02 Å². The number of carbonyl (C=O) groups is 2. The van der Waals surface area contributed by atoms with Gasteiger partial charge < -0.3 is 10.0 Å². The highest BCUT2D eigenvalue weighted by molar-refractivity contribution is 6.31. The molecule has 1 heterocycles. The van der Waals surface area contributed by atoms with E-state index in [2.05, 4.69) is 0 Å². The number of rotatable bonds is 3. The van der Waals surface area contributed by atoms with Crippen LogP contribution >= 0.6 is 11.6 Å². The Kier molecular flexibility index (Phi) is 3.57. The summed E-state index contributed by atoms with van der Waals surface area (Å²) in [6.45, 7) is 2.32. The maximum Gasteiger partial charge on any atom is 0.309 e. The van der Waals surface area contributed by atoms with E-state index >= 15 is 0 Å². The van der Waals surface area contributed by atoms with Crippen molar-refractivity contribution in [2.45, 2.75) is 19.4 Å². The van der Waals surface area contributed by atoms with Gasteiger partial charge in [0.2, 0.25) is 5.91 Å². The molecule has 1 amide bonds. The summed E-state index contributed by atoms with van der Waals surface area (Å²) in [6, 6.07) is 6.62. The van der Waals surface area contributed by atoms with Gasteiger partial charge in [0, 0.05) is 18.0 Å². The molecule has 0 aromatic heterocycles. The number of halogens is 1. The van der Waals surface area contributed by atoms with Crippen molar-refractivity contribution in [2.24, 2.45) is 5.92 Å². The molecule has 2 atom stereocenters. The molecule has 0 saturated carbocycles. The second-order valence-corrected chi connectivity index (χ2v) is 4.70. The SMILES string of the molecule is CCN1C(=O)C[C@H](C(=O)O)[C@@H]1c1ccccc1Cl. The number of nitrogens with zero attached hydrogens (tertiary/aromatic N) is 1.